The van der Waals surface area contributed by atoms with Crippen molar-refractivity contribution in [1.29, 1.82) is 0 Å². The Labute approximate surface area is 149 Å². The number of fused-ring (bicyclic) bond motifs is 3. The number of nitrogens with zero attached hydrogens (tertiary/aromatic N) is 3. The van der Waals surface area contributed by atoms with Crippen LogP contribution in [0.3, 0.4) is 0 Å². The number of nitrogens with one attached hydrogen (secondary N) is 3. The van der Waals surface area contributed by atoms with Crippen LogP contribution in [0, 0.1) is 11.8 Å². The van der Waals surface area contributed by atoms with Crippen molar-refractivity contribution in [1.82, 2.24) is 25.9 Å². The number of hydrazine groups is 2. The molecule has 4 heterocycles. The van der Waals surface area contributed by atoms with E-state index in [2.05, 4.69) is 31.9 Å². The van der Waals surface area contributed by atoms with Gasteiger partial charge in [0.15, 0.2) is 0 Å². The molecule has 1 saturated heterocycles. The quantitative estimate of drug-likeness (QED) is 0.792. The molecule has 134 valence electrons. The molecule has 0 aromatic carbocycles. The molecule has 1 saturated carbocycles. The van der Waals surface area contributed by atoms with Gasteiger partial charge >= 0.3 is 0 Å². The van der Waals surface area contributed by atoms with Gasteiger partial charge in [-0.25, -0.2) is 10.0 Å². The summed E-state index contributed by atoms with van der Waals surface area (Å²) in [5.41, 5.74) is 10.5. The second-order valence-corrected chi connectivity index (χ2v) is 7.93. The van der Waals surface area contributed by atoms with Gasteiger partial charge in [-0.15, -0.1) is 5.53 Å². The first-order valence-electron chi connectivity index (χ1n) is 9.88. The predicted molar refractivity (Wildman–Crippen MR) is 99.7 cm³/mol. The second-order valence-electron chi connectivity index (χ2n) is 7.93. The van der Waals surface area contributed by atoms with Gasteiger partial charge in [0, 0.05) is 24.2 Å². The molecule has 6 nitrogen and oxygen atoms in total. The number of aromatic nitrogens is 1. The first-order valence-corrected chi connectivity index (χ1v) is 9.88. The summed E-state index contributed by atoms with van der Waals surface area (Å²) in [7, 11) is 0. The van der Waals surface area contributed by atoms with Crippen molar-refractivity contribution in [3.05, 3.63) is 23.5 Å². The number of aliphatic imine (C=N–C) groups is 1. The Morgan fingerprint density at radius 1 is 1.08 bits per heavy atom. The third kappa shape index (κ3) is 2.87. The molecule has 1 aromatic heterocycles. The molecule has 0 bridgehead atoms. The summed E-state index contributed by atoms with van der Waals surface area (Å²) in [4.78, 5) is 10.4. The SMILES string of the molecule is C1=Nc2[nH]ccc2C2=C(C3CCN(CC4CCCCC4)CC3)NNN12. The minimum Gasteiger partial charge on any atom is -0.346 e. The number of likely N-dealkylation sites (tertiary alicyclic amines) is 1. The normalized spacial score (nSPS) is 25.2. The van der Waals surface area contributed by atoms with Crippen molar-refractivity contribution >= 4 is 17.9 Å². The molecule has 3 aliphatic heterocycles. The van der Waals surface area contributed by atoms with Gasteiger partial charge in [-0.1, -0.05) is 19.3 Å². The molecule has 0 spiro atoms. The summed E-state index contributed by atoms with van der Waals surface area (Å²) >= 11 is 0. The van der Waals surface area contributed by atoms with Crippen molar-refractivity contribution in [3.8, 4) is 0 Å². The molecule has 0 unspecified atom stereocenters. The van der Waals surface area contributed by atoms with Gasteiger partial charge in [-0.2, -0.15) is 0 Å². The highest BCUT2D eigenvalue weighted by molar-refractivity contribution is 5.87. The van der Waals surface area contributed by atoms with Gasteiger partial charge in [-0.05, 0) is 50.8 Å². The lowest BCUT2D eigenvalue weighted by Gasteiger charge is -2.35. The summed E-state index contributed by atoms with van der Waals surface area (Å²) < 4.78 is 0. The van der Waals surface area contributed by atoms with E-state index in [4.69, 9.17) is 0 Å². The third-order valence-electron chi connectivity index (χ3n) is 6.33. The maximum Gasteiger partial charge on any atom is 0.141 e. The number of rotatable bonds is 3. The topological polar surface area (TPSA) is 58.7 Å². The van der Waals surface area contributed by atoms with Crippen LogP contribution < -0.4 is 11.0 Å². The zero-order valence-corrected chi connectivity index (χ0v) is 14.8. The zero-order valence-electron chi connectivity index (χ0n) is 14.8. The molecule has 0 atom stereocenters. The molecule has 0 amide bonds. The fourth-order valence-corrected chi connectivity index (χ4v) is 4.94. The van der Waals surface area contributed by atoms with Crippen LogP contribution in [0.2, 0.25) is 0 Å². The van der Waals surface area contributed by atoms with E-state index in [-0.39, 0.29) is 0 Å². The number of allylic oxidation sites excluding steroid dienone is 1. The molecule has 5 rings (SSSR count). The Morgan fingerprint density at radius 2 is 1.92 bits per heavy atom. The summed E-state index contributed by atoms with van der Waals surface area (Å²) in [6.45, 7) is 3.78. The van der Waals surface area contributed by atoms with Gasteiger partial charge in [0.25, 0.3) is 0 Å². The predicted octanol–water partition coefficient (Wildman–Crippen LogP) is 2.97. The molecule has 3 N–H and O–H groups in total. The minimum atomic E-state index is 0.601. The van der Waals surface area contributed by atoms with Gasteiger partial charge in [0.05, 0.1) is 11.4 Å². The van der Waals surface area contributed by atoms with Gasteiger partial charge in [0.2, 0.25) is 0 Å². The Bertz CT molecular complexity index is 676. The van der Waals surface area contributed by atoms with Crippen LogP contribution in [0.15, 0.2) is 23.0 Å². The monoisotopic (exact) mass is 340 g/mol. The minimum absolute atomic E-state index is 0.601. The van der Waals surface area contributed by atoms with Crippen LogP contribution in [-0.2, 0) is 0 Å². The Kier molecular flexibility index (Phi) is 4.02. The molecular weight excluding hydrogens is 312 g/mol. The van der Waals surface area contributed by atoms with Crippen LogP contribution >= 0.6 is 0 Å². The van der Waals surface area contributed by atoms with Crippen molar-refractivity contribution in [2.45, 2.75) is 44.9 Å². The van der Waals surface area contributed by atoms with E-state index in [1.165, 1.54) is 81.5 Å². The van der Waals surface area contributed by atoms with E-state index >= 15 is 0 Å². The summed E-state index contributed by atoms with van der Waals surface area (Å²) in [5.74, 6) is 2.51. The summed E-state index contributed by atoms with van der Waals surface area (Å²) in [5, 5.41) is 2.01. The van der Waals surface area contributed by atoms with Gasteiger partial charge < -0.3 is 15.3 Å². The lowest BCUT2D eigenvalue weighted by molar-refractivity contribution is 0.153. The smallest absolute Gasteiger partial charge is 0.141 e. The number of hydrogen-bond acceptors (Lipinski definition) is 5. The van der Waals surface area contributed by atoms with Crippen LogP contribution in [0.4, 0.5) is 5.82 Å². The molecule has 1 aromatic rings. The largest absolute Gasteiger partial charge is 0.346 e. The number of hydrogen-bond donors (Lipinski definition) is 3. The maximum atomic E-state index is 4.45. The van der Waals surface area contributed by atoms with E-state index in [1.54, 1.807) is 0 Å². The number of aromatic amines is 1. The highest BCUT2D eigenvalue weighted by atomic mass is 15.7. The zero-order chi connectivity index (χ0) is 16.6. The van der Waals surface area contributed by atoms with Crippen LogP contribution in [-0.4, -0.2) is 40.9 Å². The van der Waals surface area contributed by atoms with Crippen molar-refractivity contribution in [2.75, 3.05) is 19.6 Å². The van der Waals surface area contributed by atoms with Gasteiger partial charge in [0.1, 0.15) is 12.2 Å². The van der Waals surface area contributed by atoms with E-state index < -0.39 is 0 Å². The fraction of sp³-hybridized carbons (Fsp3) is 0.632. The molecule has 25 heavy (non-hydrogen) atoms. The Hall–Kier alpha value is -1.79. The van der Waals surface area contributed by atoms with Crippen molar-refractivity contribution in [2.24, 2.45) is 16.8 Å². The number of piperidine rings is 1. The lowest BCUT2D eigenvalue weighted by Crippen LogP contribution is -2.40. The Morgan fingerprint density at radius 3 is 2.76 bits per heavy atom. The average Bonchev–Trinajstić information content (AvgIpc) is 3.29. The Balaban J connectivity index is 1.26. The standard InChI is InChI=1S/C19H28N6/c1-2-4-14(5-3-1)12-24-10-7-15(8-11-24)17-18-16-6-9-20-19(16)21-13-25(18)23-22-17/h6,9,13-15,20,22-23H,1-5,7-8,10-12H2. The fourth-order valence-electron chi connectivity index (χ4n) is 4.94. The number of H-pyrrole nitrogens is 1. The molecule has 1 aliphatic carbocycles. The molecule has 2 fully saturated rings. The molecular formula is C19H28N6. The van der Waals surface area contributed by atoms with Crippen LogP contribution in [0.1, 0.15) is 50.5 Å². The van der Waals surface area contributed by atoms with E-state index in [0.29, 0.717) is 5.92 Å². The van der Waals surface area contributed by atoms with Crippen molar-refractivity contribution < 1.29 is 0 Å². The molecule has 6 heteroatoms. The van der Waals surface area contributed by atoms with E-state index in [0.717, 1.165) is 11.7 Å². The first kappa shape index (κ1) is 15.5. The summed E-state index contributed by atoms with van der Waals surface area (Å²) in [6, 6.07) is 2.13. The average molecular weight is 340 g/mol. The highest BCUT2D eigenvalue weighted by Gasteiger charge is 2.34. The van der Waals surface area contributed by atoms with Crippen LogP contribution in [0.25, 0.3) is 5.70 Å². The van der Waals surface area contributed by atoms with Crippen LogP contribution in [0.5, 0.6) is 0 Å². The molecule has 4 aliphatic rings. The second kappa shape index (κ2) is 6.50. The summed E-state index contributed by atoms with van der Waals surface area (Å²) in [6.07, 6.45) is 13.6. The third-order valence-corrected chi connectivity index (χ3v) is 6.33. The van der Waals surface area contributed by atoms with E-state index in [9.17, 15) is 0 Å². The lowest BCUT2D eigenvalue weighted by atomic mass is 9.87. The van der Waals surface area contributed by atoms with Crippen molar-refractivity contribution in [3.63, 3.8) is 0 Å². The maximum absolute atomic E-state index is 4.45. The first-order chi connectivity index (χ1) is 12.4. The highest BCUT2D eigenvalue weighted by Crippen LogP contribution is 2.38. The molecule has 0 radical (unpaired) electrons. The van der Waals surface area contributed by atoms with E-state index in [1.807, 2.05) is 17.5 Å². The van der Waals surface area contributed by atoms with Gasteiger partial charge in [-0.3, -0.25) is 0 Å².